The maximum absolute atomic E-state index is 5.56. The van der Waals surface area contributed by atoms with Gasteiger partial charge in [0.1, 0.15) is 0 Å². The van der Waals surface area contributed by atoms with Crippen LogP contribution in [0, 0.1) is 12.8 Å². The van der Waals surface area contributed by atoms with Crippen molar-refractivity contribution in [2.75, 3.05) is 25.5 Å². The molecular formula is C12H22N4O. The van der Waals surface area contributed by atoms with Gasteiger partial charge in [-0.3, -0.25) is 0 Å². The Morgan fingerprint density at radius 2 is 2.24 bits per heavy atom. The van der Waals surface area contributed by atoms with Crippen LogP contribution in [0.25, 0.3) is 0 Å². The Hall–Kier alpha value is -1.36. The van der Waals surface area contributed by atoms with Crippen molar-refractivity contribution in [3.8, 4) is 5.88 Å². The van der Waals surface area contributed by atoms with Gasteiger partial charge in [0.15, 0.2) is 0 Å². The van der Waals surface area contributed by atoms with Gasteiger partial charge in [-0.15, -0.1) is 0 Å². The molecule has 0 radical (unpaired) electrons. The number of rotatable bonds is 7. The fraction of sp³-hybridized carbons (Fsp3) is 0.667. The summed E-state index contributed by atoms with van der Waals surface area (Å²) in [7, 11) is 1.61. The number of hydrogen-bond acceptors (Lipinski definition) is 5. The van der Waals surface area contributed by atoms with E-state index in [4.69, 9.17) is 10.5 Å². The minimum atomic E-state index is 0.565. The smallest absolute Gasteiger partial charge is 0.226 e. The Bertz CT molecular complexity index is 343. The van der Waals surface area contributed by atoms with Crippen LogP contribution in [0.1, 0.15) is 25.5 Å². The fourth-order valence-electron chi connectivity index (χ4n) is 1.65. The van der Waals surface area contributed by atoms with Crippen LogP contribution in [-0.2, 0) is 0 Å². The molecule has 5 heteroatoms. The number of nitrogens with zero attached hydrogens (tertiary/aromatic N) is 2. The molecule has 96 valence electrons. The fourth-order valence-corrected chi connectivity index (χ4v) is 1.65. The van der Waals surface area contributed by atoms with Gasteiger partial charge in [-0.2, -0.15) is 4.98 Å². The van der Waals surface area contributed by atoms with Crippen LogP contribution in [0.3, 0.4) is 0 Å². The van der Waals surface area contributed by atoms with Crippen molar-refractivity contribution in [1.29, 1.82) is 0 Å². The molecule has 0 aliphatic carbocycles. The zero-order valence-corrected chi connectivity index (χ0v) is 10.9. The van der Waals surface area contributed by atoms with Gasteiger partial charge in [0.05, 0.1) is 7.11 Å². The van der Waals surface area contributed by atoms with Gasteiger partial charge >= 0.3 is 0 Å². The number of anilines is 1. The van der Waals surface area contributed by atoms with Crippen molar-refractivity contribution in [3.63, 3.8) is 0 Å². The molecule has 1 atom stereocenters. The number of hydrogen-bond donors (Lipinski definition) is 2. The molecule has 3 N–H and O–H groups in total. The monoisotopic (exact) mass is 238 g/mol. The largest absolute Gasteiger partial charge is 0.481 e. The zero-order valence-electron chi connectivity index (χ0n) is 10.9. The molecule has 0 aromatic carbocycles. The number of methoxy groups -OCH3 is 1. The summed E-state index contributed by atoms with van der Waals surface area (Å²) in [6.45, 7) is 5.66. The molecule has 1 unspecified atom stereocenters. The summed E-state index contributed by atoms with van der Waals surface area (Å²) in [4.78, 5) is 8.56. The zero-order chi connectivity index (χ0) is 12.7. The van der Waals surface area contributed by atoms with Crippen molar-refractivity contribution in [3.05, 3.63) is 11.8 Å². The average Bonchev–Trinajstić information content (AvgIpc) is 2.33. The molecule has 0 saturated heterocycles. The highest BCUT2D eigenvalue weighted by atomic mass is 16.5. The van der Waals surface area contributed by atoms with Gasteiger partial charge in [-0.1, -0.05) is 13.3 Å². The summed E-state index contributed by atoms with van der Waals surface area (Å²) in [5.74, 6) is 1.78. The second-order valence-electron chi connectivity index (χ2n) is 4.11. The highest BCUT2D eigenvalue weighted by Crippen LogP contribution is 2.13. The van der Waals surface area contributed by atoms with Crippen molar-refractivity contribution in [1.82, 2.24) is 9.97 Å². The molecule has 0 aliphatic heterocycles. The molecule has 1 aromatic heterocycles. The number of nitrogens with two attached hydrogens (primary N) is 1. The Labute approximate surface area is 103 Å². The van der Waals surface area contributed by atoms with Crippen LogP contribution in [-0.4, -0.2) is 30.2 Å². The van der Waals surface area contributed by atoms with E-state index in [1.807, 2.05) is 13.0 Å². The van der Waals surface area contributed by atoms with E-state index in [-0.39, 0.29) is 0 Å². The van der Waals surface area contributed by atoms with Crippen molar-refractivity contribution >= 4 is 5.95 Å². The summed E-state index contributed by atoms with van der Waals surface area (Å²) in [5, 5.41) is 3.24. The van der Waals surface area contributed by atoms with E-state index in [0.29, 0.717) is 17.7 Å². The second kappa shape index (κ2) is 7.06. The van der Waals surface area contributed by atoms with E-state index in [2.05, 4.69) is 22.2 Å². The van der Waals surface area contributed by atoms with E-state index in [1.54, 1.807) is 7.11 Å². The van der Waals surface area contributed by atoms with E-state index in [9.17, 15) is 0 Å². The molecule has 0 spiro atoms. The van der Waals surface area contributed by atoms with Crippen molar-refractivity contribution in [2.45, 2.75) is 26.7 Å². The number of aryl methyl sites for hydroxylation is 1. The Kier molecular flexibility index (Phi) is 5.69. The molecule has 0 saturated carbocycles. The summed E-state index contributed by atoms with van der Waals surface area (Å²) < 4.78 is 5.11. The topological polar surface area (TPSA) is 73.1 Å². The molecule has 0 aliphatic rings. The quantitative estimate of drug-likeness (QED) is 0.754. The minimum absolute atomic E-state index is 0.565. The standard InChI is InChI=1S/C12H22N4O/c1-4-10(5-6-13)8-14-12-15-9(2)7-11(16-12)17-3/h7,10H,4-6,8,13H2,1-3H3,(H,14,15,16). The third-order valence-corrected chi connectivity index (χ3v) is 2.74. The van der Waals surface area contributed by atoms with Gasteiger partial charge in [0, 0.05) is 18.3 Å². The van der Waals surface area contributed by atoms with Crippen molar-refractivity contribution < 1.29 is 4.74 Å². The maximum atomic E-state index is 5.56. The Morgan fingerprint density at radius 3 is 2.82 bits per heavy atom. The summed E-state index contributed by atoms with van der Waals surface area (Å²) in [5.41, 5.74) is 6.46. The summed E-state index contributed by atoms with van der Waals surface area (Å²) in [6, 6.07) is 1.81. The normalized spacial score (nSPS) is 12.2. The molecule has 1 rings (SSSR count). The Balaban J connectivity index is 2.58. The lowest BCUT2D eigenvalue weighted by molar-refractivity contribution is 0.396. The molecule has 0 bridgehead atoms. The number of nitrogens with one attached hydrogen (secondary N) is 1. The highest BCUT2D eigenvalue weighted by molar-refractivity contribution is 5.30. The summed E-state index contributed by atoms with van der Waals surface area (Å²) in [6.07, 6.45) is 2.12. The molecule has 5 nitrogen and oxygen atoms in total. The van der Waals surface area contributed by atoms with Gasteiger partial charge < -0.3 is 15.8 Å². The van der Waals surface area contributed by atoms with Gasteiger partial charge in [-0.05, 0) is 25.8 Å². The molecule has 0 fully saturated rings. The van der Waals surface area contributed by atoms with Crippen LogP contribution >= 0.6 is 0 Å². The maximum Gasteiger partial charge on any atom is 0.226 e. The average molecular weight is 238 g/mol. The Morgan fingerprint density at radius 1 is 1.47 bits per heavy atom. The van der Waals surface area contributed by atoms with Crippen LogP contribution in [0.4, 0.5) is 5.95 Å². The van der Waals surface area contributed by atoms with Gasteiger partial charge in [-0.25, -0.2) is 4.98 Å². The lowest BCUT2D eigenvalue weighted by Gasteiger charge is -2.14. The third-order valence-electron chi connectivity index (χ3n) is 2.74. The van der Waals surface area contributed by atoms with Crippen LogP contribution < -0.4 is 15.8 Å². The molecular weight excluding hydrogens is 216 g/mol. The number of aromatic nitrogens is 2. The molecule has 1 aromatic rings. The summed E-state index contributed by atoms with van der Waals surface area (Å²) >= 11 is 0. The van der Waals surface area contributed by atoms with E-state index in [0.717, 1.165) is 31.6 Å². The van der Waals surface area contributed by atoms with Crippen LogP contribution in [0.5, 0.6) is 5.88 Å². The van der Waals surface area contributed by atoms with Gasteiger partial charge in [0.2, 0.25) is 11.8 Å². The second-order valence-corrected chi connectivity index (χ2v) is 4.11. The third kappa shape index (κ3) is 4.56. The van der Waals surface area contributed by atoms with E-state index < -0.39 is 0 Å². The SMILES string of the molecule is CCC(CCN)CNc1nc(C)cc(OC)n1. The van der Waals surface area contributed by atoms with Crippen LogP contribution in [0.2, 0.25) is 0 Å². The lowest BCUT2D eigenvalue weighted by atomic mass is 10.0. The highest BCUT2D eigenvalue weighted by Gasteiger charge is 2.07. The number of ether oxygens (including phenoxy) is 1. The first kappa shape index (κ1) is 13.7. The first-order chi connectivity index (χ1) is 8.19. The van der Waals surface area contributed by atoms with Crippen molar-refractivity contribution in [2.24, 2.45) is 11.7 Å². The van der Waals surface area contributed by atoms with Crippen LogP contribution in [0.15, 0.2) is 6.07 Å². The molecule has 1 heterocycles. The predicted octanol–water partition coefficient (Wildman–Crippen LogP) is 1.58. The van der Waals surface area contributed by atoms with E-state index >= 15 is 0 Å². The van der Waals surface area contributed by atoms with Gasteiger partial charge in [0.25, 0.3) is 0 Å². The van der Waals surface area contributed by atoms with E-state index in [1.165, 1.54) is 0 Å². The lowest BCUT2D eigenvalue weighted by Crippen LogP contribution is -2.18. The first-order valence-electron chi connectivity index (χ1n) is 6.03. The minimum Gasteiger partial charge on any atom is -0.481 e. The predicted molar refractivity (Wildman–Crippen MR) is 69.3 cm³/mol. The molecule has 0 amide bonds. The first-order valence-corrected chi connectivity index (χ1v) is 6.03. The molecule has 17 heavy (non-hydrogen) atoms.